The zero-order chi connectivity index (χ0) is 9.14. The van der Waals surface area contributed by atoms with Crippen LogP contribution < -0.4 is 10.5 Å². The molecule has 0 saturated carbocycles. The second kappa shape index (κ2) is 3.21. The fourth-order valence-corrected chi connectivity index (χ4v) is 0.834. The summed E-state index contributed by atoms with van der Waals surface area (Å²) in [6.07, 6.45) is 0. The van der Waals surface area contributed by atoms with Crippen LogP contribution in [0.5, 0.6) is 5.75 Å². The van der Waals surface area contributed by atoms with Crippen molar-refractivity contribution in [2.24, 2.45) is 5.73 Å². The number of hydrogen-bond acceptors (Lipinski definition) is 2. The SMILES string of the molecule is COc1ccc(C(=N)N)cc1F. The van der Waals surface area contributed by atoms with E-state index in [1.165, 1.54) is 25.3 Å². The Kier molecular flexibility index (Phi) is 2.28. The Morgan fingerprint density at radius 1 is 1.58 bits per heavy atom. The molecule has 0 unspecified atom stereocenters. The third-order valence-corrected chi connectivity index (χ3v) is 1.46. The summed E-state index contributed by atoms with van der Waals surface area (Å²) in [7, 11) is 1.38. The molecule has 1 aromatic rings. The van der Waals surface area contributed by atoms with E-state index >= 15 is 0 Å². The second-order valence-corrected chi connectivity index (χ2v) is 2.26. The van der Waals surface area contributed by atoms with E-state index < -0.39 is 5.82 Å². The molecule has 0 aromatic heterocycles. The van der Waals surface area contributed by atoms with E-state index in [0.29, 0.717) is 5.56 Å². The van der Waals surface area contributed by atoms with Gasteiger partial charge in [0.2, 0.25) is 0 Å². The molecule has 3 nitrogen and oxygen atoms in total. The molecule has 12 heavy (non-hydrogen) atoms. The first-order valence-corrected chi connectivity index (χ1v) is 3.33. The Balaban J connectivity index is 3.10. The fourth-order valence-electron chi connectivity index (χ4n) is 0.834. The Bertz CT molecular complexity index is 312. The smallest absolute Gasteiger partial charge is 0.165 e. The number of hydrogen-bond donors (Lipinski definition) is 2. The summed E-state index contributed by atoms with van der Waals surface area (Å²) < 4.78 is 17.6. The summed E-state index contributed by atoms with van der Waals surface area (Å²) in [5.74, 6) is -0.512. The number of methoxy groups -OCH3 is 1. The highest BCUT2D eigenvalue weighted by molar-refractivity contribution is 5.95. The molecule has 0 fully saturated rings. The minimum Gasteiger partial charge on any atom is -0.494 e. The van der Waals surface area contributed by atoms with Gasteiger partial charge in [0.25, 0.3) is 0 Å². The van der Waals surface area contributed by atoms with Gasteiger partial charge in [-0.05, 0) is 18.2 Å². The normalized spacial score (nSPS) is 9.50. The Labute approximate surface area is 69.5 Å². The average Bonchev–Trinajstić information content (AvgIpc) is 2.04. The average molecular weight is 168 g/mol. The molecule has 3 N–H and O–H groups in total. The highest BCUT2D eigenvalue weighted by Crippen LogP contribution is 2.16. The van der Waals surface area contributed by atoms with Gasteiger partial charge in [-0.2, -0.15) is 0 Å². The molecule has 0 aliphatic rings. The molecule has 0 radical (unpaired) electrons. The minimum absolute atomic E-state index is 0.153. The zero-order valence-corrected chi connectivity index (χ0v) is 6.60. The predicted molar refractivity (Wildman–Crippen MR) is 44.0 cm³/mol. The molecule has 0 aliphatic heterocycles. The van der Waals surface area contributed by atoms with Crippen LogP contribution in [-0.4, -0.2) is 12.9 Å². The molecule has 0 atom stereocenters. The second-order valence-electron chi connectivity index (χ2n) is 2.26. The maximum Gasteiger partial charge on any atom is 0.165 e. The van der Waals surface area contributed by atoms with Crippen LogP contribution in [0.15, 0.2) is 18.2 Å². The van der Waals surface area contributed by atoms with Crippen LogP contribution in [-0.2, 0) is 0 Å². The summed E-state index contributed by atoms with van der Waals surface area (Å²) in [6, 6.07) is 4.14. The van der Waals surface area contributed by atoms with Gasteiger partial charge in [0.05, 0.1) is 7.11 Å². The molecule has 0 heterocycles. The Hall–Kier alpha value is -1.58. The van der Waals surface area contributed by atoms with Crippen molar-refractivity contribution >= 4 is 5.84 Å². The number of ether oxygens (including phenoxy) is 1. The van der Waals surface area contributed by atoms with Gasteiger partial charge in [0, 0.05) is 5.56 Å². The number of benzene rings is 1. The molecule has 1 aromatic carbocycles. The monoisotopic (exact) mass is 168 g/mol. The molecule has 0 aliphatic carbocycles. The first kappa shape index (κ1) is 8.52. The van der Waals surface area contributed by atoms with Gasteiger partial charge >= 0.3 is 0 Å². The van der Waals surface area contributed by atoms with Gasteiger partial charge in [-0.1, -0.05) is 0 Å². The van der Waals surface area contributed by atoms with Crippen molar-refractivity contribution in [3.05, 3.63) is 29.6 Å². The number of nitrogen functional groups attached to an aromatic ring is 1. The lowest BCUT2D eigenvalue weighted by Gasteiger charge is -2.02. The van der Waals surface area contributed by atoms with Crippen molar-refractivity contribution in [2.75, 3.05) is 7.11 Å². The van der Waals surface area contributed by atoms with Crippen molar-refractivity contribution in [3.8, 4) is 5.75 Å². The van der Waals surface area contributed by atoms with E-state index in [0.717, 1.165) is 0 Å². The van der Waals surface area contributed by atoms with E-state index in [-0.39, 0.29) is 11.6 Å². The molecular formula is C8H9FN2O. The zero-order valence-electron chi connectivity index (χ0n) is 6.60. The van der Waals surface area contributed by atoms with Crippen LogP contribution in [0, 0.1) is 11.2 Å². The Morgan fingerprint density at radius 2 is 2.25 bits per heavy atom. The third-order valence-electron chi connectivity index (χ3n) is 1.46. The first-order chi connectivity index (χ1) is 5.65. The van der Waals surface area contributed by atoms with Crippen molar-refractivity contribution in [1.29, 1.82) is 5.41 Å². The number of rotatable bonds is 2. The van der Waals surface area contributed by atoms with E-state index in [2.05, 4.69) is 0 Å². The van der Waals surface area contributed by atoms with E-state index in [1.54, 1.807) is 0 Å². The van der Waals surface area contributed by atoms with Crippen molar-refractivity contribution in [1.82, 2.24) is 0 Å². The van der Waals surface area contributed by atoms with Crippen molar-refractivity contribution in [3.63, 3.8) is 0 Å². The predicted octanol–water partition coefficient (Wildman–Crippen LogP) is 1.12. The van der Waals surface area contributed by atoms with Crippen LogP contribution in [0.1, 0.15) is 5.56 Å². The molecule has 1 rings (SSSR count). The molecule has 4 heteroatoms. The standard InChI is InChI=1S/C8H9FN2O/c1-12-7-3-2-5(8(10)11)4-6(7)9/h2-4H,1H3,(H3,10,11). The van der Waals surface area contributed by atoms with Gasteiger partial charge in [-0.3, -0.25) is 5.41 Å². The molecular weight excluding hydrogens is 159 g/mol. The lowest BCUT2D eigenvalue weighted by atomic mass is 10.2. The lowest BCUT2D eigenvalue weighted by molar-refractivity contribution is 0.386. The summed E-state index contributed by atoms with van der Waals surface area (Å²) in [6.45, 7) is 0. The third kappa shape index (κ3) is 1.53. The van der Waals surface area contributed by atoms with E-state index in [4.69, 9.17) is 15.9 Å². The van der Waals surface area contributed by atoms with Gasteiger partial charge in [0.15, 0.2) is 11.6 Å². The Morgan fingerprint density at radius 3 is 2.67 bits per heavy atom. The largest absolute Gasteiger partial charge is 0.494 e. The van der Waals surface area contributed by atoms with E-state index in [1.807, 2.05) is 0 Å². The highest BCUT2D eigenvalue weighted by Gasteiger charge is 2.04. The lowest BCUT2D eigenvalue weighted by Crippen LogP contribution is -2.11. The van der Waals surface area contributed by atoms with Crippen LogP contribution in [0.25, 0.3) is 0 Å². The summed E-state index contributed by atoms with van der Waals surface area (Å²) in [4.78, 5) is 0. The first-order valence-electron chi connectivity index (χ1n) is 3.33. The summed E-state index contributed by atoms with van der Waals surface area (Å²) in [5, 5.41) is 7.03. The molecule has 0 spiro atoms. The maximum absolute atomic E-state index is 12.9. The van der Waals surface area contributed by atoms with Crippen molar-refractivity contribution in [2.45, 2.75) is 0 Å². The number of amidine groups is 1. The number of nitrogens with one attached hydrogen (secondary N) is 1. The number of halogens is 1. The molecule has 0 saturated heterocycles. The highest BCUT2D eigenvalue weighted by atomic mass is 19.1. The van der Waals surface area contributed by atoms with Gasteiger partial charge in [0.1, 0.15) is 5.84 Å². The molecule has 0 amide bonds. The molecule has 0 bridgehead atoms. The van der Waals surface area contributed by atoms with Crippen LogP contribution in [0.2, 0.25) is 0 Å². The van der Waals surface area contributed by atoms with Gasteiger partial charge in [-0.15, -0.1) is 0 Å². The molecule has 64 valence electrons. The van der Waals surface area contributed by atoms with Crippen LogP contribution >= 0.6 is 0 Å². The topological polar surface area (TPSA) is 59.1 Å². The minimum atomic E-state index is -0.509. The fraction of sp³-hybridized carbons (Fsp3) is 0.125. The van der Waals surface area contributed by atoms with Crippen LogP contribution in [0.3, 0.4) is 0 Å². The van der Waals surface area contributed by atoms with Gasteiger partial charge < -0.3 is 10.5 Å². The maximum atomic E-state index is 12.9. The van der Waals surface area contributed by atoms with E-state index in [9.17, 15) is 4.39 Å². The summed E-state index contributed by atoms with van der Waals surface area (Å²) >= 11 is 0. The van der Waals surface area contributed by atoms with Gasteiger partial charge in [-0.25, -0.2) is 4.39 Å². The van der Waals surface area contributed by atoms with Crippen LogP contribution in [0.4, 0.5) is 4.39 Å². The summed E-state index contributed by atoms with van der Waals surface area (Å²) in [5.41, 5.74) is 5.50. The van der Waals surface area contributed by atoms with Crippen molar-refractivity contribution < 1.29 is 9.13 Å². The number of nitrogens with two attached hydrogens (primary N) is 1. The quantitative estimate of drug-likeness (QED) is 0.513.